The van der Waals surface area contributed by atoms with Gasteiger partial charge in [-0.05, 0) is 59.0 Å². The molecule has 102 valence electrons. The molecule has 0 fully saturated rings. The van der Waals surface area contributed by atoms with Gasteiger partial charge in [0, 0.05) is 18.3 Å². The fourth-order valence-electron chi connectivity index (χ4n) is 2.02. The van der Waals surface area contributed by atoms with Gasteiger partial charge < -0.3 is 5.32 Å². The molecule has 0 spiro atoms. The number of nitrogens with zero attached hydrogens (tertiary/aromatic N) is 2. The summed E-state index contributed by atoms with van der Waals surface area (Å²) in [6.07, 6.45) is 2.47. The van der Waals surface area contributed by atoms with E-state index in [0.29, 0.717) is 6.04 Å². The molecular formula is C15H27N3. The molecule has 0 radical (unpaired) electrons. The summed E-state index contributed by atoms with van der Waals surface area (Å²) in [5.74, 6) is 0. The molecule has 1 unspecified atom stereocenters. The first-order valence-corrected chi connectivity index (χ1v) is 6.97. The lowest BCUT2D eigenvalue weighted by atomic mass is 10.1. The molecule has 0 aliphatic heterocycles. The second-order valence-electron chi connectivity index (χ2n) is 5.03. The zero-order valence-corrected chi connectivity index (χ0v) is 12.2. The largest absolute Gasteiger partial charge is 0.317 e. The van der Waals surface area contributed by atoms with E-state index >= 15 is 0 Å². The molecule has 0 saturated heterocycles. The van der Waals surface area contributed by atoms with Crippen LogP contribution in [0.25, 0.3) is 0 Å². The lowest BCUT2D eigenvalue weighted by molar-refractivity contribution is 0.232. The van der Waals surface area contributed by atoms with E-state index in [0.717, 1.165) is 31.0 Å². The first-order chi connectivity index (χ1) is 8.63. The highest BCUT2D eigenvalue weighted by atomic mass is 15.1. The minimum absolute atomic E-state index is 0.603. The topological polar surface area (TPSA) is 28.2 Å². The van der Waals surface area contributed by atoms with Crippen LogP contribution in [-0.2, 0) is 6.54 Å². The maximum absolute atomic E-state index is 4.55. The number of aryl methyl sites for hydroxylation is 1. The predicted molar refractivity (Wildman–Crippen MR) is 77.7 cm³/mol. The van der Waals surface area contributed by atoms with Gasteiger partial charge in [-0.3, -0.25) is 9.88 Å². The van der Waals surface area contributed by atoms with Crippen molar-refractivity contribution in [3.63, 3.8) is 0 Å². The second kappa shape index (κ2) is 8.22. The van der Waals surface area contributed by atoms with Gasteiger partial charge in [0.15, 0.2) is 0 Å². The van der Waals surface area contributed by atoms with Crippen LogP contribution in [0.2, 0.25) is 0 Å². The minimum Gasteiger partial charge on any atom is -0.317 e. The number of pyridine rings is 1. The van der Waals surface area contributed by atoms with Gasteiger partial charge in [-0.2, -0.15) is 0 Å². The van der Waals surface area contributed by atoms with Gasteiger partial charge >= 0.3 is 0 Å². The van der Waals surface area contributed by atoms with E-state index < -0.39 is 0 Å². The summed E-state index contributed by atoms with van der Waals surface area (Å²) in [7, 11) is 2.18. The Hall–Kier alpha value is -0.930. The monoisotopic (exact) mass is 249 g/mol. The minimum atomic E-state index is 0.603. The lowest BCUT2D eigenvalue weighted by Gasteiger charge is -2.24. The molecule has 1 aromatic heterocycles. The van der Waals surface area contributed by atoms with Gasteiger partial charge in [0.25, 0.3) is 0 Å². The van der Waals surface area contributed by atoms with Crippen molar-refractivity contribution in [2.45, 2.75) is 46.2 Å². The highest BCUT2D eigenvalue weighted by Gasteiger charge is 2.09. The van der Waals surface area contributed by atoms with Crippen molar-refractivity contribution < 1.29 is 0 Å². The molecule has 1 N–H and O–H groups in total. The fraction of sp³-hybridized carbons (Fsp3) is 0.667. The number of rotatable bonds is 8. The van der Waals surface area contributed by atoms with Crippen LogP contribution in [0.1, 0.15) is 38.1 Å². The summed E-state index contributed by atoms with van der Waals surface area (Å²) >= 11 is 0. The molecule has 1 heterocycles. The van der Waals surface area contributed by atoms with Crippen molar-refractivity contribution in [2.24, 2.45) is 0 Å². The van der Waals surface area contributed by atoms with E-state index in [9.17, 15) is 0 Å². The lowest BCUT2D eigenvalue weighted by Crippen LogP contribution is -2.29. The normalized spacial score (nSPS) is 12.9. The van der Waals surface area contributed by atoms with Crippen molar-refractivity contribution in [1.29, 1.82) is 0 Å². The van der Waals surface area contributed by atoms with Gasteiger partial charge in [0.1, 0.15) is 0 Å². The smallest absolute Gasteiger partial charge is 0.0547 e. The molecule has 18 heavy (non-hydrogen) atoms. The fourth-order valence-corrected chi connectivity index (χ4v) is 2.02. The van der Waals surface area contributed by atoms with E-state index in [1.807, 2.05) is 13.0 Å². The number of hydrogen-bond acceptors (Lipinski definition) is 3. The summed E-state index contributed by atoms with van der Waals surface area (Å²) in [6.45, 7) is 9.61. The first-order valence-electron chi connectivity index (χ1n) is 6.97. The molecule has 0 bridgehead atoms. The highest BCUT2D eigenvalue weighted by molar-refractivity contribution is 5.09. The Labute approximate surface area is 112 Å². The predicted octanol–water partition coefficient (Wildman–Crippen LogP) is 2.60. The van der Waals surface area contributed by atoms with Crippen molar-refractivity contribution >= 4 is 0 Å². The van der Waals surface area contributed by atoms with Crippen molar-refractivity contribution in [2.75, 3.05) is 20.1 Å². The Kier molecular flexibility index (Phi) is 6.91. The first kappa shape index (κ1) is 15.1. The Morgan fingerprint density at radius 3 is 2.83 bits per heavy atom. The average molecular weight is 249 g/mol. The van der Waals surface area contributed by atoms with E-state index in [1.165, 1.54) is 12.8 Å². The Morgan fingerprint density at radius 1 is 1.39 bits per heavy atom. The highest BCUT2D eigenvalue weighted by Crippen LogP contribution is 2.08. The maximum Gasteiger partial charge on any atom is 0.0547 e. The molecule has 1 rings (SSSR count). The third-order valence-electron chi connectivity index (χ3n) is 3.34. The van der Waals surface area contributed by atoms with Gasteiger partial charge in [-0.15, -0.1) is 0 Å². The Morgan fingerprint density at radius 2 is 2.17 bits per heavy atom. The Bertz CT molecular complexity index is 338. The van der Waals surface area contributed by atoms with Gasteiger partial charge in [0.2, 0.25) is 0 Å². The zero-order valence-electron chi connectivity index (χ0n) is 12.2. The van der Waals surface area contributed by atoms with Crippen molar-refractivity contribution in [3.05, 3.63) is 29.6 Å². The van der Waals surface area contributed by atoms with Crippen LogP contribution in [0.4, 0.5) is 0 Å². The van der Waals surface area contributed by atoms with Crippen LogP contribution in [0.5, 0.6) is 0 Å². The van der Waals surface area contributed by atoms with Gasteiger partial charge in [-0.25, -0.2) is 0 Å². The second-order valence-corrected chi connectivity index (χ2v) is 5.03. The molecule has 3 heteroatoms. The van der Waals surface area contributed by atoms with Crippen LogP contribution in [-0.4, -0.2) is 36.1 Å². The van der Waals surface area contributed by atoms with E-state index in [2.05, 4.69) is 48.2 Å². The van der Waals surface area contributed by atoms with E-state index in [1.54, 1.807) is 0 Å². The van der Waals surface area contributed by atoms with Gasteiger partial charge in [0.05, 0.1) is 5.69 Å². The summed E-state index contributed by atoms with van der Waals surface area (Å²) < 4.78 is 0. The number of hydrogen-bond donors (Lipinski definition) is 1. The van der Waals surface area contributed by atoms with E-state index in [-0.39, 0.29) is 0 Å². The summed E-state index contributed by atoms with van der Waals surface area (Å²) in [5.41, 5.74) is 2.26. The Balaban J connectivity index is 2.33. The molecule has 1 atom stereocenters. The molecule has 1 aromatic rings. The third kappa shape index (κ3) is 5.61. The molecule has 0 aliphatic carbocycles. The maximum atomic E-state index is 4.55. The van der Waals surface area contributed by atoms with Crippen LogP contribution >= 0.6 is 0 Å². The van der Waals surface area contributed by atoms with E-state index in [4.69, 9.17) is 0 Å². The summed E-state index contributed by atoms with van der Waals surface area (Å²) in [5, 5.41) is 3.37. The van der Waals surface area contributed by atoms with Crippen LogP contribution < -0.4 is 5.32 Å². The van der Waals surface area contributed by atoms with Crippen LogP contribution in [0.3, 0.4) is 0 Å². The van der Waals surface area contributed by atoms with Crippen molar-refractivity contribution in [3.8, 4) is 0 Å². The van der Waals surface area contributed by atoms with Gasteiger partial charge in [-0.1, -0.05) is 13.0 Å². The molecule has 3 nitrogen and oxygen atoms in total. The van der Waals surface area contributed by atoms with Crippen LogP contribution in [0.15, 0.2) is 18.2 Å². The van der Waals surface area contributed by atoms with Crippen LogP contribution in [0, 0.1) is 6.92 Å². The quantitative estimate of drug-likeness (QED) is 0.718. The summed E-state index contributed by atoms with van der Waals surface area (Å²) in [4.78, 5) is 6.93. The molecule has 0 saturated carbocycles. The molecule has 0 aliphatic rings. The zero-order chi connectivity index (χ0) is 13.4. The number of nitrogens with one attached hydrogen (secondary N) is 1. The third-order valence-corrected chi connectivity index (χ3v) is 3.34. The molecular weight excluding hydrogens is 222 g/mol. The SMILES string of the molecule is CCNCCCC(C)N(C)Cc1cccc(C)n1. The standard InChI is InChI=1S/C15H27N3/c1-5-16-11-7-9-14(3)18(4)12-15-10-6-8-13(2)17-15/h6,8,10,14,16H,5,7,9,11-12H2,1-4H3. The van der Waals surface area contributed by atoms with Crippen molar-refractivity contribution in [1.82, 2.24) is 15.2 Å². The summed E-state index contributed by atoms with van der Waals surface area (Å²) in [6, 6.07) is 6.84. The average Bonchev–Trinajstić information content (AvgIpc) is 2.34. The molecule has 0 amide bonds. The molecule has 0 aromatic carbocycles. The number of aromatic nitrogens is 1.